The first-order chi connectivity index (χ1) is 8.83. The minimum Gasteiger partial charge on any atom is -0.321 e. The number of rotatable bonds is 1. The Balaban J connectivity index is 2.20. The molecule has 0 radical (unpaired) electrons. The standard InChI is InChI=1S/C18H29N/c1-14-8-5-6-10-16(14)18(19)12-7-9-15(11-13-18)17(2,3)4/h5-6,8,10,15H,7,9,11-13,19H2,1-4H3. The van der Waals surface area contributed by atoms with Gasteiger partial charge in [0.15, 0.2) is 0 Å². The van der Waals surface area contributed by atoms with E-state index in [4.69, 9.17) is 5.73 Å². The molecule has 0 spiro atoms. The summed E-state index contributed by atoms with van der Waals surface area (Å²) < 4.78 is 0. The van der Waals surface area contributed by atoms with Crippen LogP contribution in [0.4, 0.5) is 0 Å². The summed E-state index contributed by atoms with van der Waals surface area (Å²) in [6.45, 7) is 9.30. The second-order valence-electron chi connectivity index (χ2n) is 7.46. The molecule has 2 rings (SSSR count). The van der Waals surface area contributed by atoms with Crippen molar-refractivity contribution in [3.63, 3.8) is 0 Å². The molecule has 1 aliphatic rings. The van der Waals surface area contributed by atoms with Gasteiger partial charge in [-0.25, -0.2) is 0 Å². The topological polar surface area (TPSA) is 26.0 Å². The van der Waals surface area contributed by atoms with Crippen LogP contribution in [0.2, 0.25) is 0 Å². The zero-order valence-corrected chi connectivity index (χ0v) is 13.0. The Kier molecular flexibility index (Phi) is 4.06. The van der Waals surface area contributed by atoms with E-state index in [0.29, 0.717) is 5.41 Å². The summed E-state index contributed by atoms with van der Waals surface area (Å²) in [6, 6.07) is 8.66. The maximum atomic E-state index is 6.79. The summed E-state index contributed by atoms with van der Waals surface area (Å²) in [4.78, 5) is 0. The number of hydrogen-bond acceptors (Lipinski definition) is 1. The number of hydrogen-bond donors (Lipinski definition) is 1. The first-order valence-corrected chi connectivity index (χ1v) is 7.68. The second-order valence-corrected chi connectivity index (χ2v) is 7.46. The molecule has 1 saturated carbocycles. The Morgan fingerprint density at radius 3 is 2.42 bits per heavy atom. The van der Waals surface area contributed by atoms with Gasteiger partial charge in [0.1, 0.15) is 0 Å². The number of nitrogens with two attached hydrogens (primary N) is 1. The molecule has 1 aromatic rings. The van der Waals surface area contributed by atoms with E-state index in [9.17, 15) is 0 Å². The van der Waals surface area contributed by atoms with E-state index in [2.05, 4.69) is 52.0 Å². The average Bonchev–Trinajstić information content (AvgIpc) is 2.52. The van der Waals surface area contributed by atoms with Crippen LogP contribution in [-0.2, 0) is 5.54 Å². The summed E-state index contributed by atoms with van der Waals surface area (Å²) in [7, 11) is 0. The highest BCUT2D eigenvalue weighted by molar-refractivity contribution is 5.32. The van der Waals surface area contributed by atoms with Crippen molar-refractivity contribution in [2.45, 2.75) is 65.3 Å². The van der Waals surface area contributed by atoms with Gasteiger partial charge in [-0.05, 0) is 55.1 Å². The molecule has 1 nitrogen and oxygen atoms in total. The Morgan fingerprint density at radius 1 is 1.11 bits per heavy atom. The van der Waals surface area contributed by atoms with E-state index in [1.807, 2.05) is 0 Å². The molecule has 2 N–H and O–H groups in total. The molecule has 1 heteroatoms. The van der Waals surface area contributed by atoms with Crippen LogP contribution in [0.25, 0.3) is 0 Å². The average molecular weight is 259 g/mol. The molecule has 19 heavy (non-hydrogen) atoms. The van der Waals surface area contributed by atoms with Gasteiger partial charge in [-0.15, -0.1) is 0 Å². The fourth-order valence-electron chi connectivity index (χ4n) is 3.63. The Bertz CT molecular complexity index is 430. The summed E-state index contributed by atoms with van der Waals surface area (Å²) in [5.41, 5.74) is 9.81. The third-order valence-electron chi connectivity index (χ3n) is 5.02. The highest BCUT2D eigenvalue weighted by Crippen LogP contribution is 2.42. The molecule has 0 bridgehead atoms. The molecule has 2 atom stereocenters. The zero-order valence-electron chi connectivity index (χ0n) is 13.0. The van der Waals surface area contributed by atoms with E-state index in [1.54, 1.807) is 0 Å². The van der Waals surface area contributed by atoms with Crippen molar-refractivity contribution in [2.75, 3.05) is 0 Å². The Morgan fingerprint density at radius 2 is 1.79 bits per heavy atom. The minimum absolute atomic E-state index is 0.106. The lowest BCUT2D eigenvalue weighted by Gasteiger charge is -2.32. The van der Waals surface area contributed by atoms with Gasteiger partial charge in [-0.1, -0.05) is 51.5 Å². The van der Waals surface area contributed by atoms with Crippen molar-refractivity contribution in [2.24, 2.45) is 17.1 Å². The maximum absolute atomic E-state index is 6.79. The fourth-order valence-corrected chi connectivity index (χ4v) is 3.63. The van der Waals surface area contributed by atoms with Crippen molar-refractivity contribution in [3.05, 3.63) is 35.4 Å². The minimum atomic E-state index is -0.106. The molecule has 0 heterocycles. The van der Waals surface area contributed by atoms with Gasteiger partial charge in [-0.3, -0.25) is 0 Å². The predicted molar refractivity (Wildman–Crippen MR) is 83.1 cm³/mol. The van der Waals surface area contributed by atoms with Crippen LogP contribution in [0.1, 0.15) is 64.0 Å². The van der Waals surface area contributed by atoms with Crippen LogP contribution in [0, 0.1) is 18.3 Å². The molecule has 0 aliphatic heterocycles. The maximum Gasteiger partial charge on any atom is 0.0412 e. The zero-order chi connectivity index (χ0) is 14.1. The lowest BCUT2D eigenvalue weighted by molar-refractivity contribution is 0.211. The first-order valence-electron chi connectivity index (χ1n) is 7.68. The van der Waals surface area contributed by atoms with E-state index in [1.165, 1.54) is 30.4 Å². The lowest BCUT2D eigenvalue weighted by Crippen LogP contribution is -2.37. The van der Waals surface area contributed by atoms with Gasteiger partial charge in [0, 0.05) is 5.54 Å². The number of benzene rings is 1. The van der Waals surface area contributed by atoms with E-state index in [-0.39, 0.29) is 5.54 Å². The van der Waals surface area contributed by atoms with Gasteiger partial charge in [0.05, 0.1) is 0 Å². The fraction of sp³-hybridized carbons (Fsp3) is 0.667. The highest BCUT2D eigenvalue weighted by Gasteiger charge is 2.35. The summed E-state index contributed by atoms with van der Waals surface area (Å²) in [5, 5.41) is 0. The molecule has 2 unspecified atom stereocenters. The molecular weight excluding hydrogens is 230 g/mol. The monoisotopic (exact) mass is 259 g/mol. The van der Waals surface area contributed by atoms with E-state index in [0.717, 1.165) is 18.8 Å². The van der Waals surface area contributed by atoms with Crippen LogP contribution >= 0.6 is 0 Å². The van der Waals surface area contributed by atoms with Gasteiger partial charge < -0.3 is 5.73 Å². The smallest absolute Gasteiger partial charge is 0.0412 e. The third kappa shape index (κ3) is 3.20. The third-order valence-corrected chi connectivity index (χ3v) is 5.02. The van der Waals surface area contributed by atoms with Crippen molar-refractivity contribution in [3.8, 4) is 0 Å². The lowest BCUT2D eigenvalue weighted by atomic mass is 9.75. The normalized spacial score (nSPS) is 29.0. The van der Waals surface area contributed by atoms with Gasteiger partial charge >= 0.3 is 0 Å². The molecule has 1 aromatic carbocycles. The van der Waals surface area contributed by atoms with Crippen LogP contribution in [0.3, 0.4) is 0 Å². The highest BCUT2D eigenvalue weighted by atomic mass is 14.7. The summed E-state index contributed by atoms with van der Waals surface area (Å²) >= 11 is 0. The van der Waals surface area contributed by atoms with Crippen molar-refractivity contribution in [1.82, 2.24) is 0 Å². The van der Waals surface area contributed by atoms with Crippen molar-refractivity contribution >= 4 is 0 Å². The summed E-state index contributed by atoms with van der Waals surface area (Å²) in [6.07, 6.45) is 6.10. The quantitative estimate of drug-likeness (QED) is 0.722. The predicted octanol–water partition coefficient (Wildman–Crippen LogP) is 4.78. The van der Waals surface area contributed by atoms with Crippen molar-refractivity contribution in [1.29, 1.82) is 0 Å². The molecular formula is C18H29N. The number of aryl methyl sites for hydroxylation is 1. The molecule has 0 amide bonds. The summed E-state index contributed by atoms with van der Waals surface area (Å²) in [5.74, 6) is 0.807. The Labute approximate surface area is 118 Å². The molecule has 1 aliphatic carbocycles. The van der Waals surface area contributed by atoms with Crippen molar-refractivity contribution < 1.29 is 0 Å². The molecule has 0 aromatic heterocycles. The Hall–Kier alpha value is -0.820. The first kappa shape index (κ1) is 14.6. The second kappa shape index (κ2) is 5.28. The SMILES string of the molecule is Cc1ccccc1C1(N)CCCC(C(C)(C)C)CC1. The van der Waals surface area contributed by atoms with Gasteiger partial charge in [0.2, 0.25) is 0 Å². The van der Waals surface area contributed by atoms with Crippen LogP contribution in [-0.4, -0.2) is 0 Å². The van der Waals surface area contributed by atoms with Crippen LogP contribution in [0.5, 0.6) is 0 Å². The van der Waals surface area contributed by atoms with Crippen LogP contribution < -0.4 is 5.73 Å². The van der Waals surface area contributed by atoms with Crippen LogP contribution in [0.15, 0.2) is 24.3 Å². The molecule has 1 fully saturated rings. The van der Waals surface area contributed by atoms with E-state index >= 15 is 0 Å². The largest absolute Gasteiger partial charge is 0.321 e. The van der Waals surface area contributed by atoms with Gasteiger partial charge in [-0.2, -0.15) is 0 Å². The van der Waals surface area contributed by atoms with Gasteiger partial charge in [0.25, 0.3) is 0 Å². The molecule has 0 saturated heterocycles. The molecule has 106 valence electrons. The van der Waals surface area contributed by atoms with E-state index < -0.39 is 0 Å².